The number of hydrogen-bond acceptors (Lipinski definition) is 2. The summed E-state index contributed by atoms with van der Waals surface area (Å²) < 4.78 is 1.95. The van der Waals surface area contributed by atoms with Crippen molar-refractivity contribution in [2.75, 3.05) is 0 Å². The van der Waals surface area contributed by atoms with Crippen molar-refractivity contribution in [1.82, 2.24) is 4.57 Å². The number of rotatable bonds is 0. The molecule has 0 fully saturated rings. The molecule has 3 nitrogen and oxygen atoms in total. The van der Waals surface area contributed by atoms with Crippen LogP contribution in [-0.2, 0) is 7.05 Å². The molecule has 0 bridgehead atoms. The monoisotopic (exact) mass is 145 g/mol. The molecule has 0 N–H and O–H groups in total. The summed E-state index contributed by atoms with van der Waals surface area (Å²) in [6.45, 7) is 0. The predicted octanol–water partition coefficient (Wildman–Crippen LogP) is -0.420. The lowest BCUT2D eigenvalue weighted by Crippen LogP contribution is -2.26. The summed E-state index contributed by atoms with van der Waals surface area (Å²) in [5.41, 5.74) is 0.929. The molecule has 0 aromatic carbocycles. The molecule has 0 spiro atoms. The maximum absolute atomic E-state index is 4.15. The first-order valence-electron chi connectivity index (χ1n) is 3.34. The van der Waals surface area contributed by atoms with Gasteiger partial charge in [-0.3, -0.25) is 0 Å². The summed E-state index contributed by atoms with van der Waals surface area (Å²) >= 11 is 0. The summed E-state index contributed by atoms with van der Waals surface area (Å²) in [6, 6.07) is 1.98. The standard InChI is InChI=1S/C8H7N3/c1-11-5-2-7-6-9-3-4-10-8(7)11/h2,4-6H,1H3. The molecule has 2 rings (SSSR count). The van der Waals surface area contributed by atoms with Gasteiger partial charge in [0.25, 0.3) is 0 Å². The third-order valence-corrected chi connectivity index (χ3v) is 1.59. The number of aliphatic imine (C=N–C) groups is 1. The highest BCUT2D eigenvalue weighted by Crippen LogP contribution is 1.76. The van der Waals surface area contributed by atoms with Crippen molar-refractivity contribution in [2.45, 2.75) is 0 Å². The smallest absolute Gasteiger partial charge is 0.141 e. The molecule has 54 valence electrons. The Kier molecular flexibility index (Phi) is 1.24. The van der Waals surface area contributed by atoms with Gasteiger partial charge in [0, 0.05) is 30.5 Å². The van der Waals surface area contributed by atoms with E-state index in [1.807, 2.05) is 23.9 Å². The zero-order chi connectivity index (χ0) is 7.68. The van der Waals surface area contributed by atoms with Crippen molar-refractivity contribution in [1.29, 1.82) is 0 Å². The number of nitrogens with zero attached hydrogens (tertiary/aromatic N) is 3. The third kappa shape index (κ3) is 0.914. The quantitative estimate of drug-likeness (QED) is 0.474. The van der Waals surface area contributed by atoms with Crippen LogP contribution >= 0.6 is 0 Å². The second-order valence-electron chi connectivity index (χ2n) is 2.35. The van der Waals surface area contributed by atoms with Crippen LogP contribution in [0.5, 0.6) is 0 Å². The molecule has 1 aromatic rings. The Morgan fingerprint density at radius 1 is 1.55 bits per heavy atom. The lowest BCUT2D eigenvalue weighted by molar-refractivity contribution is 0.856. The normalized spacial score (nSPS) is 13.2. The van der Waals surface area contributed by atoms with Crippen LogP contribution in [0.4, 0.5) is 0 Å². The third-order valence-electron chi connectivity index (χ3n) is 1.59. The van der Waals surface area contributed by atoms with Crippen LogP contribution in [0.2, 0.25) is 0 Å². The summed E-state index contributed by atoms with van der Waals surface area (Å²) in [7, 11) is 1.95. The average Bonchev–Trinajstić information content (AvgIpc) is 2.25. The number of hydrogen-bond donors (Lipinski definition) is 0. The zero-order valence-corrected chi connectivity index (χ0v) is 6.15. The maximum atomic E-state index is 4.15. The fraction of sp³-hybridized carbons (Fsp3) is 0.125. The first kappa shape index (κ1) is 6.13. The van der Waals surface area contributed by atoms with E-state index >= 15 is 0 Å². The molecule has 11 heavy (non-hydrogen) atoms. The van der Waals surface area contributed by atoms with Gasteiger partial charge < -0.3 is 4.57 Å². The van der Waals surface area contributed by atoms with Crippen LogP contribution in [-0.4, -0.2) is 10.4 Å². The van der Waals surface area contributed by atoms with Crippen LogP contribution < -0.4 is 10.7 Å². The lowest BCUT2D eigenvalue weighted by Gasteiger charge is -1.85. The number of aromatic nitrogens is 1. The van der Waals surface area contributed by atoms with Gasteiger partial charge in [0.05, 0.1) is 6.20 Å². The van der Waals surface area contributed by atoms with Crippen molar-refractivity contribution in [3.8, 4) is 0 Å². The van der Waals surface area contributed by atoms with Crippen LogP contribution in [0.3, 0.4) is 0 Å². The second kappa shape index (κ2) is 2.22. The van der Waals surface area contributed by atoms with E-state index < -0.39 is 0 Å². The summed E-state index contributed by atoms with van der Waals surface area (Å²) in [6.07, 6.45) is 5.28. The topological polar surface area (TPSA) is 29.6 Å². The minimum absolute atomic E-state index is 0.929. The van der Waals surface area contributed by atoms with Crippen LogP contribution in [0.15, 0.2) is 28.4 Å². The highest BCUT2D eigenvalue weighted by Gasteiger charge is 1.91. The first-order chi connectivity index (χ1) is 5.38. The molecule has 0 radical (unpaired) electrons. The van der Waals surface area contributed by atoms with E-state index in [-0.39, 0.29) is 0 Å². The molecular weight excluding hydrogens is 138 g/mol. The predicted molar refractivity (Wildman–Crippen MR) is 42.7 cm³/mol. The second-order valence-corrected chi connectivity index (χ2v) is 2.35. The van der Waals surface area contributed by atoms with Crippen LogP contribution in [0.1, 0.15) is 0 Å². The molecule has 2 heterocycles. The van der Waals surface area contributed by atoms with Crippen molar-refractivity contribution >= 4 is 12.1 Å². The SMILES string of the molecule is Cn1ccc2c1=NC=C=NC=2. The fourth-order valence-electron chi connectivity index (χ4n) is 1.04. The van der Waals surface area contributed by atoms with Gasteiger partial charge in [-0.05, 0) is 6.07 Å². The Morgan fingerprint density at radius 3 is 3.36 bits per heavy atom. The summed E-state index contributed by atoms with van der Waals surface area (Å²) in [5.74, 6) is 2.67. The lowest BCUT2D eigenvalue weighted by atomic mass is 10.5. The molecule has 0 atom stereocenters. The Balaban J connectivity index is 2.94. The Morgan fingerprint density at radius 2 is 2.45 bits per heavy atom. The number of fused-ring (bicyclic) bond motifs is 1. The van der Waals surface area contributed by atoms with Crippen molar-refractivity contribution in [3.63, 3.8) is 0 Å². The molecule has 0 saturated heterocycles. The van der Waals surface area contributed by atoms with Gasteiger partial charge in [0.2, 0.25) is 0 Å². The molecule has 3 heteroatoms. The van der Waals surface area contributed by atoms with E-state index in [1.54, 1.807) is 12.4 Å². The molecule has 0 saturated carbocycles. The average molecular weight is 145 g/mol. The van der Waals surface area contributed by atoms with Gasteiger partial charge >= 0.3 is 0 Å². The molecule has 1 aliphatic heterocycles. The van der Waals surface area contributed by atoms with E-state index in [9.17, 15) is 0 Å². The fourth-order valence-corrected chi connectivity index (χ4v) is 1.04. The van der Waals surface area contributed by atoms with Gasteiger partial charge in [-0.2, -0.15) is 0 Å². The molecule has 0 unspecified atom stereocenters. The van der Waals surface area contributed by atoms with Gasteiger partial charge in [0.15, 0.2) is 0 Å². The first-order valence-corrected chi connectivity index (χ1v) is 3.34. The molecule has 1 aromatic heterocycles. The van der Waals surface area contributed by atoms with Gasteiger partial charge in [-0.15, -0.1) is 0 Å². The minimum Gasteiger partial charge on any atom is -0.336 e. The van der Waals surface area contributed by atoms with E-state index in [1.165, 1.54) is 0 Å². The Hall–Kier alpha value is -1.60. The van der Waals surface area contributed by atoms with Crippen LogP contribution in [0, 0.1) is 0 Å². The highest BCUT2D eigenvalue weighted by molar-refractivity contribution is 5.56. The van der Waals surface area contributed by atoms with Crippen molar-refractivity contribution < 1.29 is 0 Å². The van der Waals surface area contributed by atoms with Crippen LogP contribution in [0.25, 0.3) is 6.20 Å². The van der Waals surface area contributed by atoms with Gasteiger partial charge in [-0.1, -0.05) is 0 Å². The zero-order valence-electron chi connectivity index (χ0n) is 6.15. The van der Waals surface area contributed by atoms with E-state index in [0.717, 1.165) is 10.7 Å². The van der Waals surface area contributed by atoms with E-state index in [4.69, 9.17) is 0 Å². The highest BCUT2D eigenvalue weighted by atomic mass is 15.0. The van der Waals surface area contributed by atoms with Crippen molar-refractivity contribution in [2.24, 2.45) is 17.0 Å². The Bertz CT molecular complexity index is 444. The van der Waals surface area contributed by atoms with Crippen molar-refractivity contribution in [3.05, 3.63) is 29.2 Å². The largest absolute Gasteiger partial charge is 0.336 e. The van der Waals surface area contributed by atoms with Gasteiger partial charge in [-0.25, -0.2) is 9.98 Å². The molecular formula is C8H7N3. The maximum Gasteiger partial charge on any atom is 0.141 e. The molecule has 1 aliphatic rings. The molecule has 0 aliphatic carbocycles. The number of aryl methyl sites for hydroxylation is 1. The Labute approximate surface area is 63.7 Å². The van der Waals surface area contributed by atoms with E-state index in [2.05, 4.69) is 15.9 Å². The summed E-state index contributed by atoms with van der Waals surface area (Å²) in [4.78, 5) is 8.04. The van der Waals surface area contributed by atoms with Gasteiger partial charge in [0.1, 0.15) is 5.49 Å². The minimum atomic E-state index is 0.929. The van der Waals surface area contributed by atoms with E-state index in [0.29, 0.717) is 0 Å². The summed E-state index contributed by atoms with van der Waals surface area (Å²) in [5, 5.41) is 1.04. The molecule has 0 amide bonds.